The molecule has 1 aliphatic heterocycles. The highest BCUT2D eigenvalue weighted by atomic mass is 16.6. The molecule has 1 aromatic rings. The van der Waals surface area contributed by atoms with Crippen LogP contribution in [0.5, 0.6) is 0 Å². The Labute approximate surface area is 110 Å². The number of anilines is 1. The van der Waals surface area contributed by atoms with Gasteiger partial charge >= 0.3 is 5.97 Å². The first kappa shape index (κ1) is 13.3. The van der Waals surface area contributed by atoms with E-state index in [1.165, 1.54) is 12.3 Å². The lowest BCUT2D eigenvalue weighted by molar-refractivity contribution is -0.385. The number of hydrogen-bond acceptors (Lipinski definition) is 5. The fourth-order valence-corrected chi connectivity index (χ4v) is 2.44. The lowest BCUT2D eigenvalue weighted by atomic mass is 9.99. The van der Waals surface area contributed by atoms with Gasteiger partial charge in [0.1, 0.15) is 12.0 Å². The average molecular weight is 265 g/mol. The Bertz CT molecular complexity index is 532. The van der Waals surface area contributed by atoms with E-state index >= 15 is 0 Å². The minimum absolute atomic E-state index is 0.0360. The van der Waals surface area contributed by atoms with Crippen molar-refractivity contribution in [3.63, 3.8) is 0 Å². The molecule has 1 fully saturated rings. The van der Waals surface area contributed by atoms with Gasteiger partial charge < -0.3 is 10.0 Å². The van der Waals surface area contributed by atoms with E-state index in [0.29, 0.717) is 24.5 Å². The normalized spacial score (nSPS) is 22.5. The summed E-state index contributed by atoms with van der Waals surface area (Å²) in [5.74, 6) is -0.568. The molecule has 2 heterocycles. The molecule has 1 saturated heterocycles. The van der Waals surface area contributed by atoms with E-state index in [0.717, 1.165) is 0 Å². The molecule has 0 aliphatic carbocycles. The minimum Gasteiger partial charge on any atom is -0.481 e. The quantitative estimate of drug-likeness (QED) is 0.656. The molecule has 1 aliphatic rings. The molecular weight excluding hydrogens is 250 g/mol. The maximum absolute atomic E-state index is 11.1. The summed E-state index contributed by atoms with van der Waals surface area (Å²) < 4.78 is 0. The van der Waals surface area contributed by atoms with Crippen molar-refractivity contribution in [1.82, 2.24) is 4.98 Å². The standard InChI is InChI=1S/C12H15N3O4/c1-7-3-9(15(18)19)4-13-11(7)14-5-8(2)10(6-14)12(16)17/h3-4,8,10H,5-6H2,1-2H3,(H,16,17). The van der Waals surface area contributed by atoms with Crippen LogP contribution in [0.2, 0.25) is 0 Å². The molecule has 102 valence electrons. The van der Waals surface area contributed by atoms with Crippen molar-refractivity contribution in [2.75, 3.05) is 18.0 Å². The predicted octanol–water partition coefficient (Wildman–Crippen LogP) is 1.46. The number of hydrogen-bond donors (Lipinski definition) is 1. The van der Waals surface area contributed by atoms with Crippen LogP contribution in [0.25, 0.3) is 0 Å². The summed E-state index contributed by atoms with van der Waals surface area (Å²) in [6.07, 6.45) is 1.21. The number of carboxylic acids is 1. The summed E-state index contributed by atoms with van der Waals surface area (Å²) in [5.41, 5.74) is 0.635. The van der Waals surface area contributed by atoms with Crippen LogP contribution < -0.4 is 4.90 Å². The first-order valence-corrected chi connectivity index (χ1v) is 5.99. The van der Waals surface area contributed by atoms with Gasteiger partial charge in [-0.05, 0) is 18.4 Å². The highest BCUT2D eigenvalue weighted by Crippen LogP contribution is 2.30. The second-order valence-electron chi connectivity index (χ2n) is 4.92. The molecule has 7 nitrogen and oxygen atoms in total. The Morgan fingerprint density at radius 3 is 2.74 bits per heavy atom. The summed E-state index contributed by atoms with van der Waals surface area (Å²) in [6, 6.07) is 1.46. The van der Waals surface area contributed by atoms with Crippen molar-refractivity contribution < 1.29 is 14.8 Å². The zero-order valence-electron chi connectivity index (χ0n) is 10.7. The summed E-state index contributed by atoms with van der Waals surface area (Å²) >= 11 is 0. The summed E-state index contributed by atoms with van der Waals surface area (Å²) in [5, 5.41) is 19.8. The zero-order valence-corrected chi connectivity index (χ0v) is 10.7. The van der Waals surface area contributed by atoms with E-state index in [2.05, 4.69) is 4.98 Å². The Hall–Kier alpha value is -2.18. The van der Waals surface area contributed by atoms with Crippen LogP contribution >= 0.6 is 0 Å². The molecule has 7 heteroatoms. The number of rotatable bonds is 3. The monoisotopic (exact) mass is 265 g/mol. The average Bonchev–Trinajstić information content (AvgIpc) is 2.71. The molecule has 1 N–H and O–H groups in total. The maximum Gasteiger partial charge on any atom is 0.308 e. The highest BCUT2D eigenvalue weighted by molar-refractivity contribution is 5.72. The topological polar surface area (TPSA) is 96.6 Å². The molecular formula is C12H15N3O4. The summed E-state index contributed by atoms with van der Waals surface area (Å²) in [4.78, 5) is 27.2. The largest absolute Gasteiger partial charge is 0.481 e. The number of pyridine rings is 1. The van der Waals surface area contributed by atoms with Crippen molar-refractivity contribution >= 4 is 17.5 Å². The Morgan fingerprint density at radius 1 is 1.58 bits per heavy atom. The number of nitro groups is 1. The molecule has 0 aromatic carbocycles. The van der Waals surface area contributed by atoms with E-state index in [1.807, 2.05) is 11.8 Å². The number of aliphatic carboxylic acids is 1. The van der Waals surface area contributed by atoms with Crippen molar-refractivity contribution in [3.05, 3.63) is 27.9 Å². The molecule has 19 heavy (non-hydrogen) atoms. The summed E-state index contributed by atoms with van der Waals surface area (Å²) in [6.45, 7) is 4.62. The van der Waals surface area contributed by atoms with Crippen molar-refractivity contribution in [3.8, 4) is 0 Å². The van der Waals surface area contributed by atoms with Crippen LogP contribution in [-0.4, -0.2) is 34.1 Å². The molecule has 0 radical (unpaired) electrons. The number of nitrogens with zero attached hydrogens (tertiary/aromatic N) is 3. The summed E-state index contributed by atoms with van der Waals surface area (Å²) in [7, 11) is 0. The van der Waals surface area contributed by atoms with Crippen LogP contribution in [-0.2, 0) is 4.79 Å². The third-order valence-corrected chi connectivity index (χ3v) is 3.48. The minimum atomic E-state index is -0.811. The van der Waals surface area contributed by atoms with E-state index < -0.39 is 16.8 Å². The Morgan fingerprint density at radius 2 is 2.26 bits per heavy atom. The van der Waals surface area contributed by atoms with Crippen LogP contribution in [0, 0.1) is 28.9 Å². The Kier molecular flexibility index (Phi) is 3.37. The van der Waals surface area contributed by atoms with Crippen molar-refractivity contribution in [2.24, 2.45) is 11.8 Å². The van der Waals surface area contributed by atoms with Gasteiger partial charge in [0, 0.05) is 19.2 Å². The van der Waals surface area contributed by atoms with Gasteiger partial charge in [-0.15, -0.1) is 0 Å². The van der Waals surface area contributed by atoms with Gasteiger partial charge in [-0.25, -0.2) is 4.98 Å². The second kappa shape index (κ2) is 4.83. The van der Waals surface area contributed by atoms with E-state index in [9.17, 15) is 14.9 Å². The number of carbonyl (C=O) groups is 1. The van der Waals surface area contributed by atoms with Gasteiger partial charge in [0.25, 0.3) is 5.69 Å². The SMILES string of the molecule is Cc1cc([N+](=O)[O-])cnc1N1CC(C)C(C(=O)O)C1. The number of carboxylic acid groups (broad SMARTS) is 1. The van der Waals surface area contributed by atoms with Crippen LogP contribution in [0.1, 0.15) is 12.5 Å². The second-order valence-corrected chi connectivity index (χ2v) is 4.92. The van der Waals surface area contributed by atoms with Crippen LogP contribution in [0.15, 0.2) is 12.3 Å². The van der Waals surface area contributed by atoms with Crippen LogP contribution in [0.4, 0.5) is 11.5 Å². The van der Waals surface area contributed by atoms with Gasteiger partial charge in [-0.2, -0.15) is 0 Å². The molecule has 1 aromatic heterocycles. The number of aryl methyl sites for hydroxylation is 1. The molecule has 0 spiro atoms. The fourth-order valence-electron chi connectivity index (χ4n) is 2.44. The van der Waals surface area contributed by atoms with Gasteiger partial charge in [0.15, 0.2) is 0 Å². The lowest BCUT2D eigenvalue weighted by Gasteiger charge is -2.18. The van der Waals surface area contributed by atoms with Gasteiger partial charge in [0.05, 0.1) is 10.8 Å². The Balaban J connectivity index is 2.24. The lowest BCUT2D eigenvalue weighted by Crippen LogP contribution is -2.24. The van der Waals surface area contributed by atoms with Crippen molar-refractivity contribution in [2.45, 2.75) is 13.8 Å². The molecule has 2 atom stereocenters. The van der Waals surface area contributed by atoms with Gasteiger partial charge in [-0.3, -0.25) is 14.9 Å². The molecule has 2 rings (SSSR count). The third kappa shape index (κ3) is 2.49. The highest BCUT2D eigenvalue weighted by Gasteiger charge is 2.35. The maximum atomic E-state index is 11.1. The first-order valence-electron chi connectivity index (χ1n) is 5.99. The first-order chi connectivity index (χ1) is 8.90. The number of aromatic nitrogens is 1. The van der Waals surface area contributed by atoms with E-state index in [4.69, 9.17) is 5.11 Å². The third-order valence-electron chi connectivity index (χ3n) is 3.48. The smallest absolute Gasteiger partial charge is 0.308 e. The predicted molar refractivity (Wildman–Crippen MR) is 68.1 cm³/mol. The van der Waals surface area contributed by atoms with Gasteiger partial charge in [0.2, 0.25) is 0 Å². The molecule has 0 saturated carbocycles. The fraction of sp³-hybridized carbons (Fsp3) is 0.500. The molecule has 2 unspecified atom stereocenters. The van der Waals surface area contributed by atoms with Crippen LogP contribution in [0.3, 0.4) is 0 Å². The van der Waals surface area contributed by atoms with E-state index in [-0.39, 0.29) is 11.6 Å². The van der Waals surface area contributed by atoms with Crippen molar-refractivity contribution in [1.29, 1.82) is 0 Å². The van der Waals surface area contributed by atoms with Gasteiger partial charge in [-0.1, -0.05) is 6.92 Å². The van der Waals surface area contributed by atoms with E-state index in [1.54, 1.807) is 6.92 Å². The zero-order chi connectivity index (χ0) is 14.2. The molecule has 0 amide bonds. The molecule has 0 bridgehead atoms.